The number of amides is 2. The van der Waals surface area contributed by atoms with E-state index >= 15 is 0 Å². The van der Waals surface area contributed by atoms with Gasteiger partial charge >= 0.3 is 6.03 Å². The molecule has 7 heteroatoms. The summed E-state index contributed by atoms with van der Waals surface area (Å²) in [6.07, 6.45) is 6.05. The Bertz CT molecular complexity index is 856. The number of benzene rings is 1. The Morgan fingerprint density at radius 2 is 1.97 bits per heavy atom. The third-order valence-electron chi connectivity index (χ3n) is 6.56. The quantitative estimate of drug-likeness (QED) is 0.738. The number of aromatic nitrogens is 2. The Morgan fingerprint density at radius 1 is 1.21 bits per heavy atom. The maximum Gasteiger partial charge on any atom is 0.315 e. The molecule has 2 aromatic rings. The monoisotopic (exact) mass is 399 g/mol. The first-order chi connectivity index (χ1) is 14.0. The molecule has 2 amide bonds. The number of hydrogen-bond acceptors (Lipinski definition) is 4. The topological polar surface area (TPSA) is 82.4 Å². The number of likely N-dealkylation sites (tertiary alicyclic amines) is 1. The summed E-state index contributed by atoms with van der Waals surface area (Å²) in [6.45, 7) is 4.34. The number of aryl methyl sites for hydroxylation is 2. The Morgan fingerprint density at radius 3 is 2.72 bits per heavy atom. The van der Waals surface area contributed by atoms with Gasteiger partial charge in [0.25, 0.3) is 0 Å². The van der Waals surface area contributed by atoms with E-state index in [2.05, 4.69) is 45.6 Å². The lowest BCUT2D eigenvalue weighted by Crippen LogP contribution is -2.53. The molecule has 0 radical (unpaired) electrons. The van der Waals surface area contributed by atoms with E-state index < -0.39 is 0 Å². The predicted octanol–water partition coefficient (Wildman–Crippen LogP) is 2.45. The Balaban J connectivity index is 1.25. The average Bonchev–Trinajstić information content (AvgIpc) is 3.02. The van der Waals surface area contributed by atoms with Crippen molar-refractivity contribution in [1.29, 1.82) is 0 Å². The Hall–Kier alpha value is -2.12. The summed E-state index contributed by atoms with van der Waals surface area (Å²) in [5, 5.41) is 16.3. The van der Waals surface area contributed by atoms with E-state index in [4.69, 9.17) is 0 Å². The van der Waals surface area contributed by atoms with Crippen LogP contribution in [0.5, 0.6) is 0 Å². The summed E-state index contributed by atoms with van der Waals surface area (Å²) in [5.74, 6) is 0.849. The molecule has 2 heterocycles. The fraction of sp³-hybridized carbons (Fsp3) is 0.636. The number of carbonyl (C=O) groups is 1. The van der Waals surface area contributed by atoms with Crippen LogP contribution in [0.2, 0.25) is 0 Å². The maximum absolute atomic E-state index is 12.4. The van der Waals surface area contributed by atoms with Gasteiger partial charge in [-0.2, -0.15) is 0 Å². The molecule has 2 fully saturated rings. The van der Waals surface area contributed by atoms with Gasteiger partial charge in [0.05, 0.1) is 23.7 Å². The van der Waals surface area contributed by atoms with E-state index in [9.17, 15) is 9.90 Å². The molecule has 0 spiro atoms. The summed E-state index contributed by atoms with van der Waals surface area (Å²) in [4.78, 5) is 19.5. The number of nitrogens with zero attached hydrogens (tertiary/aromatic N) is 3. The van der Waals surface area contributed by atoms with Gasteiger partial charge in [-0.05, 0) is 50.3 Å². The summed E-state index contributed by atoms with van der Waals surface area (Å²) < 4.78 is 2.03. The van der Waals surface area contributed by atoms with Gasteiger partial charge in [-0.15, -0.1) is 0 Å². The van der Waals surface area contributed by atoms with Crippen molar-refractivity contribution in [1.82, 2.24) is 25.1 Å². The fourth-order valence-electron chi connectivity index (χ4n) is 4.81. The number of rotatable bonds is 4. The van der Waals surface area contributed by atoms with Crippen LogP contribution in [-0.2, 0) is 13.6 Å². The molecule has 1 aromatic carbocycles. The van der Waals surface area contributed by atoms with Gasteiger partial charge in [-0.25, -0.2) is 9.78 Å². The molecule has 2 aliphatic rings. The van der Waals surface area contributed by atoms with E-state index in [0.29, 0.717) is 12.6 Å². The van der Waals surface area contributed by atoms with Gasteiger partial charge < -0.3 is 20.3 Å². The van der Waals surface area contributed by atoms with Crippen molar-refractivity contribution < 1.29 is 9.90 Å². The second-order valence-electron chi connectivity index (χ2n) is 8.64. The normalized spacial score (nSPS) is 24.0. The average molecular weight is 400 g/mol. The van der Waals surface area contributed by atoms with Crippen molar-refractivity contribution >= 4 is 17.1 Å². The number of aliphatic hydroxyl groups is 1. The van der Waals surface area contributed by atoms with Crippen molar-refractivity contribution in [2.75, 3.05) is 13.1 Å². The largest absolute Gasteiger partial charge is 0.391 e. The number of nitrogens with one attached hydrogen (secondary N) is 2. The molecular weight excluding hydrogens is 366 g/mol. The van der Waals surface area contributed by atoms with Gasteiger partial charge in [0.15, 0.2) is 0 Å². The van der Waals surface area contributed by atoms with Crippen LogP contribution in [-0.4, -0.2) is 56.9 Å². The third-order valence-corrected chi connectivity index (χ3v) is 6.56. The number of fused-ring (bicyclic) bond motifs is 1. The molecule has 3 N–H and O–H groups in total. The second kappa shape index (κ2) is 8.71. The summed E-state index contributed by atoms with van der Waals surface area (Å²) in [5.41, 5.74) is 3.21. The van der Waals surface area contributed by atoms with E-state index in [1.165, 1.54) is 12.0 Å². The molecule has 4 rings (SSSR count). The van der Waals surface area contributed by atoms with Crippen LogP contribution in [0.4, 0.5) is 4.79 Å². The molecule has 0 bridgehead atoms. The minimum absolute atomic E-state index is 0.135. The highest BCUT2D eigenvalue weighted by Crippen LogP contribution is 2.26. The SMILES string of the molecule is Cc1ccc2c(c1)nc(CNC(=O)NC1CCN(C3CCCCC3O)CC1)n2C. The lowest BCUT2D eigenvalue weighted by molar-refractivity contribution is 0.00777. The van der Waals surface area contributed by atoms with Crippen molar-refractivity contribution in [2.24, 2.45) is 7.05 Å². The highest BCUT2D eigenvalue weighted by atomic mass is 16.3. The minimum Gasteiger partial charge on any atom is -0.391 e. The molecule has 1 saturated carbocycles. The van der Waals surface area contributed by atoms with Crippen LogP contribution >= 0.6 is 0 Å². The Kier molecular flexibility index (Phi) is 6.06. The third kappa shape index (κ3) is 4.56. The molecule has 1 saturated heterocycles. The van der Waals surface area contributed by atoms with E-state index in [1.807, 2.05) is 11.6 Å². The van der Waals surface area contributed by atoms with E-state index in [-0.39, 0.29) is 18.2 Å². The van der Waals surface area contributed by atoms with Crippen LogP contribution in [0.25, 0.3) is 11.0 Å². The smallest absolute Gasteiger partial charge is 0.315 e. The fourth-order valence-corrected chi connectivity index (χ4v) is 4.81. The van der Waals surface area contributed by atoms with Crippen molar-refractivity contribution in [3.63, 3.8) is 0 Å². The second-order valence-corrected chi connectivity index (χ2v) is 8.64. The number of aliphatic hydroxyl groups excluding tert-OH is 1. The predicted molar refractivity (Wildman–Crippen MR) is 114 cm³/mol. The molecule has 1 aromatic heterocycles. The summed E-state index contributed by atoms with van der Waals surface area (Å²) >= 11 is 0. The molecule has 2 atom stereocenters. The number of urea groups is 1. The summed E-state index contributed by atoms with van der Waals surface area (Å²) in [7, 11) is 1.98. The molecule has 1 aliphatic heterocycles. The standard InChI is InChI=1S/C22H33N5O2/c1-15-7-8-18-17(13-15)25-21(26(18)2)14-23-22(29)24-16-9-11-27(12-10-16)19-5-3-4-6-20(19)28/h7-8,13,16,19-20,28H,3-6,9-12,14H2,1-2H3,(H2,23,24,29). The number of imidazole rings is 1. The number of carbonyl (C=O) groups excluding carboxylic acids is 1. The molecule has 2 unspecified atom stereocenters. The van der Waals surface area contributed by atoms with Crippen molar-refractivity contribution in [2.45, 2.75) is 70.2 Å². The van der Waals surface area contributed by atoms with E-state index in [1.54, 1.807) is 0 Å². The molecule has 7 nitrogen and oxygen atoms in total. The molecular formula is C22H33N5O2. The zero-order chi connectivity index (χ0) is 20.4. The highest BCUT2D eigenvalue weighted by Gasteiger charge is 2.31. The number of piperidine rings is 1. The zero-order valence-electron chi connectivity index (χ0n) is 17.5. The van der Waals surface area contributed by atoms with Crippen molar-refractivity contribution in [3.05, 3.63) is 29.6 Å². The van der Waals surface area contributed by atoms with Gasteiger partial charge in [0.1, 0.15) is 5.82 Å². The van der Waals surface area contributed by atoms with Crippen LogP contribution in [0.1, 0.15) is 49.9 Å². The highest BCUT2D eigenvalue weighted by molar-refractivity contribution is 5.77. The minimum atomic E-state index is -0.186. The maximum atomic E-state index is 12.4. The number of hydrogen-bond donors (Lipinski definition) is 3. The lowest BCUT2D eigenvalue weighted by atomic mass is 9.89. The molecule has 158 valence electrons. The van der Waals surface area contributed by atoms with Gasteiger partial charge in [0, 0.05) is 32.2 Å². The van der Waals surface area contributed by atoms with Gasteiger partial charge in [0.2, 0.25) is 0 Å². The van der Waals surface area contributed by atoms with Crippen LogP contribution in [0.15, 0.2) is 18.2 Å². The van der Waals surface area contributed by atoms with Crippen LogP contribution < -0.4 is 10.6 Å². The van der Waals surface area contributed by atoms with Gasteiger partial charge in [-0.3, -0.25) is 4.90 Å². The summed E-state index contributed by atoms with van der Waals surface area (Å²) in [6, 6.07) is 6.57. The van der Waals surface area contributed by atoms with E-state index in [0.717, 1.165) is 62.1 Å². The molecule has 29 heavy (non-hydrogen) atoms. The first-order valence-corrected chi connectivity index (χ1v) is 10.9. The van der Waals surface area contributed by atoms with Crippen molar-refractivity contribution in [3.8, 4) is 0 Å². The van der Waals surface area contributed by atoms with Crippen LogP contribution in [0.3, 0.4) is 0 Å². The van der Waals surface area contributed by atoms with Crippen LogP contribution in [0, 0.1) is 6.92 Å². The Labute approximate surface area is 172 Å². The lowest BCUT2D eigenvalue weighted by Gasteiger charge is -2.41. The first-order valence-electron chi connectivity index (χ1n) is 10.9. The van der Waals surface area contributed by atoms with Gasteiger partial charge in [-0.1, -0.05) is 18.9 Å². The molecule has 1 aliphatic carbocycles. The first kappa shape index (κ1) is 20.2. The zero-order valence-corrected chi connectivity index (χ0v) is 17.5.